The molecule has 0 saturated carbocycles. The van der Waals surface area contributed by atoms with Crippen LogP contribution in [-0.2, 0) is 6.54 Å². The van der Waals surface area contributed by atoms with Crippen LogP contribution in [0.5, 0.6) is 0 Å². The third kappa shape index (κ3) is 3.00. The second-order valence-corrected chi connectivity index (χ2v) is 4.76. The molecule has 88 valence electrons. The number of hydrogen-bond acceptors (Lipinski definition) is 4. The van der Waals surface area contributed by atoms with Crippen molar-refractivity contribution >= 4 is 0 Å². The Bertz CT molecular complexity index is 343. The minimum atomic E-state index is 0.562. The van der Waals surface area contributed by atoms with Crippen molar-refractivity contribution in [1.29, 1.82) is 0 Å². The summed E-state index contributed by atoms with van der Waals surface area (Å²) in [6, 6.07) is 3.13. The molecule has 0 bridgehead atoms. The Labute approximate surface area is 97.1 Å². The van der Waals surface area contributed by atoms with E-state index in [0.29, 0.717) is 12.1 Å². The Hall–Kier alpha value is -1.00. The Morgan fingerprint density at radius 3 is 2.69 bits per heavy atom. The third-order valence-corrected chi connectivity index (χ3v) is 2.85. The van der Waals surface area contributed by atoms with Gasteiger partial charge in [0.2, 0.25) is 0 Å². The normalized spacial score (nSPS) is 26.9. The predicted octanol–water partition coefficient (Wildman–Crippen LogP) is 0.967. The first-order valence-electron chi connectivity index (χ1n) is 5.90. The molecule has 1 saturated heterocycles. The van der Waals surface area contributed by atoms with E-state index in [1.807, 2.05) is 19.2 Å². The van der Waals surface area contributed by atoms with Crippen molar-refractivity contribution in [3.05, 3.63) is 23.8 Å². The highest BCUT2D eigenvalue weighted by atomic mass is 15.2. The van der Waals surface area contributed by atoms with Crippen molar-refractivity contribution in [2.45, 2.75) is 39.4 Å². The van der Waals surface area contributed by atoms with Crippen LogP contribution < -0.4 is 5.32 Å². The van der Waals surface area contributed by atoms with Gasteiger partial charge in [-0.3, -0.25) is 4.90 Å². The van der Waals surface area contributed by atoms with Crippen molar-refractivity contribution in [2.75, 3.05) is 13.1 Å². The van der Waals surface area contributed by atoms with Crippen LogP contribution in [0.3, 0.4) is 0 Å². The van der Waals surface area contributed by atoms with E-state index in [1.165, 1.54) is 0 Å². The molecule has 1 N–H and O–H groups in total. The molecule has 2 unspecified atom stereocenters. The lowest BCUT2D eigenvalue weighted by atomic mass is 10.1. The topological polar surface area (TPSA) is 41.1 Å². The largest absolute Gasteiger partial charge is 0.309 e. The quantitative estimate of drug-likeness (QED) is 0.806. The summed E-state index contributed by atoms with van der Waals surface area (Å²) in [5, 5.41) is 3.53. The molecule has 0 aliphatic carbocycles. The maximum absolute atomic E-state index is 4.44. The third-order valence-electron chi connectivity index (χ3n) is 2.85. The van der Waals surface area contributed by atoms with Crippen LogP contribution in [-0.4, -0.2) is 40.0 Å². The molecular formula is C12H20N4. The second-order valence-electron chi connectivity index (χ2n) is 4.76. The van der Waals surface area contributed by atoms with E-state index >= 15 is 0 Å². The number of aromatic nitrogens is 2. The Morgan fingerprint density at radius 1 is 1.38 bits per heavy atom. The standard InChI is InChI=1S/C12H20N4/c1-9-6-16(7-10(2)14-9)8-12-4-5-13-11(3)15-12/h4-5,9-10,14H,6-8H2,1-3H3. The van der Waals surface area contributed by atoms with Gasteiger partial charge in [0, 0.05) is 37.9 Å². The van der Waals surface area contributed by atoms with E-state index in [1.54, 1.807) is 0 Å². The van der Waals surface area contributed by atoms with Crippen LogP contribution in [0.25, 0.3) is 0 Å². The van der Waals surface area contributed by atoms with Gasteiger partial charge in [-0.05, 0) is 26.8 Å². The lowest BCUT2D eigenvalue weighted by Gasteiger charge is -2.35. The molecule has 1 aliphatic rings. The maximum atomic E-state index is 4.44. The number of nitrogens with zero attached hydrogens (tertiary/aromatic N) is 3. The van der Waals surface area contributed by atoms with Crippen LogP contribution in [0.4, 0.5) is 0 Å². The van der Waals surface area contributed by atoms with E-state index in [0.717, 1.165) is 31.2 Å². The van der Waals surface area contributed by atoms with E-state index in [9.17, 15) is 0 Å². The Morgan fingerprint density at radius 2 is 2.06 bits per heavy atom. The lowest BCUT2D eigenvalue weighted by molar-refractivity contribution is 0.165. The van der Waals surface area contributed by atoms with Gasteiger partial charge in [-0.15, -0.1) is 0 Å². The SMILES string of the molecule is Cc1nccc(CN2CC(C)NC(C)C2)n1. The fourth-order valence-electron chi connectivity index (χ4n) is 2.39. The number of hydrogen-bond donors (Lipinski definition) is 1. The van der Waals surface area contributed by atoms with Crippen molar-refractivity contribution in [2.24, 2.45) is 0 Å². The molecule has 2 rings (SSSR count). The molecule has 4 heteroatoms. The van der Waals surface area contributed by atoms with Crippen molar-refractivity contribution < 1.29 is 0 Å². The van der Waals surface area contributed by atoms with Crippen LogP contribution in [0, 0.1) is 6.92 Å². The van der Waals surface area contributed by atoms with Gasteiger partial charge in [-0.1, -0.05) is 0 Å². The van der Waals surface area contributed by atoms with Gasteiger partial charge in [0.25, 0.3) is 0 Å². The number of piperazine rings is 1. The van der Waals surface area contributed by atoms with Crippen LogP contribution in [0.1, 0.15) is 25.4 Å². The minimum Gasteiger partial charge on any atom is -0.309 e. The molecule has 1 aromatic heterocycles. The van der Waals surface area contributed by atoms with Gasteiger partial charge >= 0.3 is 0 Å². The molecule has 2 heterocycles. The predicted molar refractivity (Wildman–Crippen MR) is 64.1 cm³/mol. The first-order chi connectivity index (χ1) is 7.63. The summed E-state index contributed by atoms with van der Waals surface area (Å²) >= 11 is 0. The molecule has 2 atom stereocenters. The highest BCUT2D eigenvalue weighted by Gasteiger charge is 2.20. The van der Waals surface area contributed by atoms with E-state index in [2.05, 4.69) is 34.0 Å². The molecule has 1 fully saturated rings. The summed E-state index contributed by atoms with van der Waals surface area (Å²) in [6.45, 7) is 9.51. The molecule has 0 radical (unpaired) electrons. The molecular weight excluding hydrogens is 200 g/mol. The average Bonchev–Trinajstić information content (AvgIpc) is 2.15. The zero-order valence-electron chi connectivity index (χ0n) is 10.3. The number of rotatable bonds is 2. The van der Waals surface area contributed by atoms with Crippen molar-refractivity contribution in [3.63, 3.8) is 0 Å². The smallest absolute Gasteiger partial charge is 0.125 e. The zero-order valence-corrected chi connectivity index (χ0v) is 10.3. The second kappa shape index (κ2) is 4.89. The molecule has 0 amide bonds. The van der Waals surface area contributed by atoms with Gasteiger partial charge in [-0.25, -0.2) is 9.97 Å². The highest BCUT2D eigenvalue weighted by molar-refractivity contribution is 5.02. The van der Waals surface area contributed by atoms with Gasteiger partial charge in [-0.2, -0.15) is 0 Å². The number of nitrogens with one attached hydrogen (secondary N) is 1. The summed E-state index contributed by atoms with van der Waals surface area (Å²) in [7, 11) is 0. The summed E-state index contributed by atoms with van der Waals surface area (Å²) < 4.78 is 0. The van der Waals surface area contributed by atoms with E-state index in [-0.39, 0.29) is 0 Å². The Balaban J connectivity index is 1.98. The van der Waals surface area contributed by atoms with E-state index in [4.69, 9.17) is 0 Å². The zero-order chi connectivity index (χ0) is 11.5. The van der Waals surface area contributed by atoms with Crippen molar-refractivity contribution in [1.82, 2.24) is 20.2 Å². The monoisotopic (exact) mass is 220 g/mol. The summed E-state index contributed by atoms with van der Waals surface area (Å²) in [5.41, 5.74) is 1.12. The molecule has 0 aromatic carbocycles. The molecule has 4 nitrogen and oxygen atoms in total. The summed E-state index contributed by atoms with van der Waals surface area (Å²) in [6.07, 6.45) is 1.84. The fraction of sp³-hybridized carbons (Fsp3) is 0.667. The first-order valence-corrected chi connectivity index (χ1v) is 5.90. The molecule has 16 heavy (non-hydrogen) atoms. The maximum Gasteiger partial charge on any atom is 0.125 e. The van der Waals surface area contributed by atoms with Crippen LogP contribution >= 0.6 is 0 Å². The van der Waals surface area contributed by atoms with Gasteiger partial charge in [0.1, 0.15) is 5.82 Å². The minimum absolute atomic E-state index is 0.562. The summed E-state index contributed by atoms with van der Waals surface area (Å²) in [5.74, 6) is 0.855. The molecule has 1 aromatic rings. The average molecular weight is 220 g/mol. The Kier molecular flexibility index (Phi) is 3.51. The van der Waals surface area contributed by atoms with Crippen molar-refractivity contribution in [3.8, 4) is 0 Å². The van der Waals surface area contributed by atoms with E-state index < -0.39 is 0 Å². The van der Waals surface area contributed by atoms with Gasteiger partial charge in [0.15, 0.2) is 0 Å². The van der Waals surface area contributed by atoms with Gasteiger partial charge in [0.05, 0.1) is 5.69 Å². The summed E-state index contributed by atoms with van der Waals surface area (Å²) in [4.78, 5) is 11.0. The number of aryl methyl sites for hydroxylation is 1. The first kappa shape index (κ1) is 11.5. The molecule has 0 spiro atoms. The van der Waals surface area contributed by atoms with Crippen LogP contribution in [0.2, 0.25) is 0 Å². The fourth-order valence-corrected chi connectivity index (χ4v) is 2.39. The lowest BCUT2D eigenvalue weighted by Crippen LogP contribution is -2.53. The highest BCUT2D eigenvalue weighted by Crippen LogP contribution is 2.08. The van der Waals surface area contributed by atoms with Gasteiger partial charge < -0.3 is 5.32 Å². The van der Waals surface area contributed by atoms with Crippen LogP contribution in [0.15, 0.2) is 12.3 Å². The molecule has 1 aliphatic heterocycles.